The van der Waals surface area contributed by atoms with Gasteiger partial charge in [0.05, 0.1) is 7.11 Å². The number of nitrogens with one attached hydrogen (secondary N) is 1. The minimum Gasteiger partial charge on any atom is -0.497 e. The van der Waals surface area contributed by atoms with Crippen LogP contribution in [0.15, 0.2) is 54.6 Å². The van der Waals surface area contributed by atoms with Crippen molar-refractivity contribution in [3.63, 3.8) is 0 Å². The number of carbonyl (C=O) groups excluding carboxylic acids is 2. The van der Waals surface area contributed by atoms with E-state index in [1.165, 1.54) is 0 Å². The van der Waals surface area contributed by atoms with Gasteiger partial charge in [0.2, 0.25) is 0 Å². The molecule has 2 aromatic rings. The van der Waals surface area contributed by atoms with Crippen LogP contribution in [0.2, 0.25) is 0 Å². The molecule has 0 spiro atoms. The van der Waals surface area contributed by atoms with Crippen LogP contribution in [0.4, 0.5) is 4.79 Å². The summed E-state index contributed by atoms with van der Waals surface area (Å²) in [7, 11) is 1.59. The molecule has 1 N–H and O–H groups in total. The van der Waals surface area contributed by atoms with Crippen molar-refractivity contribution < 1.29 is 19.1 Å². The van der Waals surface area contributed by atoms with Crippen LogP contribution in [0, 0.1) is 0 Å². The van der Waals surface area contributed by atoms with Crippen LogP contribution in [-0.2, 0) is 11.3 Å². The highest BCUT2D eigenvalue weighted by Crippen LogP contribution is 2.15. The Bertz CT molecular complexity index is 754. The standard InChI is InChI=1S/C21H24N2O4/c1-26-19-9-7-17(8-10-19)20(24)22-18-11-13-23(14-12-18)21(25)27-15-16-5-3-2-4-6-16/h2-10,18H,11-15H2,1H3,(H,22,24). The number of amides is 2. The van der Waals surface area contributed by atoms with E-state index >= 15 is 0 Å². The third-order valence-corrected chi connectivity index (χ3v) is 4.65. The van der Waals surface area contributed by atoms with E-state index in [2.05, 4.69) is 5.32 Å². The van der Waals surface area contributed by atoms with Crippen LogP contribution in [-0.4, -0.2) is 43.1 Å². The second-order valence-corrected chi connectivity index (χ2v) is 6.50. The summed E-state index contributed by atoms with van der Waals surface area (Å²) >= 11 is 0. The lowest BCUT2D eigenvalue weighted by atomic mass is 10.0. The second-order valence-electron chi connectivity index (χ2n) is 6.50. The number of hydrogen-bond acceptors (Lipinski definition) is 4. The van der Waals surface area contributed by atoms with Gasteiger partial charge in [-0.2, -0.15) is 0 Å². The zero-order chi connectivity index (χ0) is 19.1. The van der Waals surface area contributed by atoms with Gasteiger partial charge in [0.1, 0.15) is 12.4 Å². The molecule has 0 aromatic heterocycles. The maximum atomic E-state index is 12.3. The predicted octanol–water partition coefficient (Wildman–Crippen LogP) is 3.23. The van der Waals surface area contributed by atoms with Crippen LogP contribution < -0.4 is 10.1 Å². The van der Waals surface area contributed by atoms with Gasteiger partial charge >= 0.3 is 6.09 Å². The van der Waals surface area contributed by atoms with Gasteiger partial charge in [-0.3, -0.25) is 4.79 Å². The van der Waals surface area contributed by atoms with Gasteiger partial charge in [0.25, 0.3) is 5.91 Å². The van der Waals surface area contributed by atoms with Crippen molar-refractivity contribution in [2.75, 3.05) is 20.2 Å². The maximum absolute atomic E-state index is 12.3. The van der Waals surface area contributed by atoms with Gasteiger partial charge in [-0.15, -0.1) is 0 Å². The van der Waals surface area contributed by atoms with E-state index in [1.54, 1.807) is 36.3 Å². The number of methoxy groups -OCH3 is 1. The number of carbonyl (C=O) groups is 2. The summed E-state index contributed by atoms with van der Waals surface area (Å²) in [5, 5.41) is 3.03. The first-order chi connectivity index (χ1) is 13.2. The molecule has 0 aliphatic carbocycles. The van der Waals surface area contributed by atoms with E-state index in [-0.39, 0.29) is 24.6 Å². The van der Waals surface area contributed by atoms with Crippen molar-refractivity contribution in [2.45, 2.75) is 25.5 Å². The van der Waals surface area contributed by atoms with Gasteiger partial charge < -0.3 is 19.7 Å². The van der Waals surface area contributed by atoms with Gasteiger partial charge in [-0.25, -0.2) is 4.79 Å². The Balaban J connectivity index is 1.42. The molecule has 0 radical (unpaired) electrons. The Morgan fingerprint density at radius 2 is 1.70 bits per heavy atom. The summed E-state index contributed by atoms with van der Waals surface area (Å²) in [6.45, 7) is 1.41. The minimum atomic E-state index is -0.307. The first-order valence-electron chi connectivity index (χ1n) is 9.06. The molecule has 142 valence electrons. The quantitative estimate of drug-likeness (QED) is 0.880. The summed E-state index contributed by atoms with van der Waals surface area (Å²) in [6.07, 6.45) is 1.11. The molecular formula is C21H24N2O4. The number of rotatable bonds is 5. The Kier molecular flexibility index (Phi) is 6.30. The number of piperidine rings is 1. The highest BCUT2D eigenvalue weighted by Gasteiger charge is 2.25. The Labute approximate surface area is 159 Å². The SMILES string of the molecule is COc1ccc(C(=O)NC2CCN(C(=O)OCc3ccccc3)CC2)cc1. The molecule has 2 amide bonds. The van der Waals surface area contributed by atoms with E-state index in [0.29, 0.717) is 37.2 Å². The van der Waals surface area contributed by atoms with Crippen molar-refractivity contribution in [2.24, 2.45) is 0 Å². The Morgan fingerprint density at radius 3 is 2.33 bits per heavy atom. The Hall–Kier alpha value is -3.02. The van der Waals surface area contributed by atoms with Crippen LogP contribution in [0.25, 0.3) is 0 Å². The number of benzene rings is 2. The highest BCUT2D eigenvalue weighted by atomic mass is 16.6. The predicted molar refractivity (Wildman–Crippen MR) is 102 cm³/mol. The molecular weight excluding hydrogens is 344 g/mol. The summed E-state index contributed by atoms with van der Waals surface area (Å²) in [5.74, 6) is 0.608. The largest absolute Gasteiger partial charge is 0.497 e. The molecule has 1 saturated heterocycles. The van der Waals surface area contributed by atoms with E-state index in [0.717, 1.165) is 5.56 Å². The number of likely N-dealkylation sites (tertiary alicyclic amines) is 1. The first kappa shape index (κ1) is 18.8. The molecule has 27 heavy (non-hydrogen) atoms. The third-order valence-electron chi connectivity index (χ3n) is 4.65. The number of nitrogens with zero attached hydrogens (tertiary/aromatic N) is 1. The average Bonchev–Trinajstić information content (AvgIpc) is 2.73. The van der Waals surface area contributed by atoms with Gasteiger partial charge in [0, 0.05) is 24.7 Å². The lowest BCUT2D eigenvalue weighted by molar-refractivity contribution is 0.0809. The maximum Gasteiger partial charge on any atom is 0.410 e. The van der Waals surface area contributed by atoms with E-state index < -0.39 is 0 Å². The van der Waals surface area contributed by atoms with Gasteiger partial charge in [0.15, 0.2) is 0 Å². The molecule has 0 atom stereocenters. The first-order valence-corrected chi connectivity index (χ1v) is 9.06. The third kappa shape index (κ3) is 5.23. The zero-order valence-electron chi connectivity index (χ0n) is 15.4. The molecule has 1 aliphatic heterocycles. The second kappa shape index (κ2) is 9.07. The minimum absolute atomic E-state index is 0.0535. The topological polar surface area (TPSA) is 67.9 Å². The molecule has 2 aromatic carbocycles. The van der Waals surface area contributed by atoms with E-state index in [1.807, 2.05) is 30.3 Å². The monoisotopic (exact) mass is 368 g/mol. The van der Waals surface area contributed by atoms with Crippen molar-refractivity contribution in [1.29, 1.82) is 0 Å². The number of hydrogen-bond donors (Lipinski definition) is 1. The molecule has 6 heteroatoms. The van der Waals surface area contributed by atoms with Crippen molar-refractivity contribution >= 4 is 12.0 Å². The lowest BCUT2D eigenvalue weighted by Gasteiger charge is -2.31. The molecule has 6 nitrogen and oxygen atoms in total. The number of ether oxygens (including phenoxy) is 2. The fourth-order valence-electron chi connectivity index (χ4n) is 3.03. The van der Waals surface area contributed by atoms with Crippen LogP contribution in [0.3, 0.4) is 0 Å². The molecule has 0 unspecified atom stereocenters. The van der Waals surface area contributed by atoms with Crippen molar-refractivity contribution in [3.05, 3.63) is 65.7 Å². The van der Waals surface area contributed by atoms with Gasteiger partial charge in [-0.1, -0.05) is 30.3 Å². The van der Waals surface area contributed by atoms with Crippen LogP contribution in [0.1, 0.15) is 28.8 Å². The highest BCUT2D eigenvalue weighted by molar-refractivity contribution is 5.94. The zero-order valence-corrected chi connectivity index (χ0v) is 15.4. The van der Waals surface area contributed by atoms with Crippen molar-refractivity contribution in [1.82, 2.24) is 10.2 Å². The van der Waals surface area contributed by atoms with Gasteiger partial charge in [-0.05, 0) is 42.7 Å². The van der Waals surface area contributed by atoms with Crippen LogP contribution >= 0.6 is 0 Å². The molecule has 0 saturated carbocycles. The normalized spacial score (nSPS) is 14.5. The summed E-state index contributed by atoms with van der Waals surface area (Å²) in [6, 6.07) is 16.7. The molecule has 0 bridgehead atoms. The van der Waals surface area contributed by atoms with E-state index in [9.17, 15) is 9.59 Å². The molecule has 3 rings (SSSR count). The summed E-state index contributed by atoms with van der Waals surface area (Å²) in [5.41, 5.74) is 1.56. The smallest absolute Gasteiger partial charge is 0.410 e. The lowest BCUT2D eigenvalue weighted by Crippen LogP contribution is -2.46. The molecule has 1 aliphatic rings. The Morgan fingerprint density at radius 1 is 1.04 bits per heavy atom. The summed E-state index contributed by atoms with van der Waals surface area (Å²) in [4.78, 5) is 26.2. The fraction of sp³-hybridized carbons (Fsp3) is 0.333. The fourth-order valence-corrected chi connectivity index (χ4v) is 3.03. The molecule has 1 heterocycles. The van der Waals surface area contributed by atoms with Crippen LogP contribution in [0.5, 0.6) is 5.75 Å². The van der Waals surface area contributed by atoms with Crippen molar-refractivity contribution in [3.8, 4) is 5.75 Å². The average molecular weight is 368 g/mol. The van der Waals surface area contributed by atoms with E-state index in [4.69, 9.17) is 9.47 Å². The summed E-state index contributed by atoms with van der Waals surface area (Å²) < 4.78 is 10.5. The molecule has 1 fully saturated rings.